The lowest BCUT2D eigenvalue weighted by molar-refractivity contribution is -0.137. The van der Waals surface area contributed by atoms with Gasteiger partial charge in [0.05, 0.1) is 27.1 Å². The van der Waals surface area contributed by atoms with E-state index in [9.17, 15) is 27.4 Å². The fourth-order valence-electron chi connectivity index (χ4n) is 4.14. The van der Waals surface area contributed by atoms with Crippen LogP contribution in [0, 0.1) is 0 Å². The summed E-state index contributed by atoms with van der Waals surface area (Å²) in [5.41, 5.74) is 1.87. The Morgan fingerprint density at radius 2 is 1.84 bits per heavy atom. The highest BCUT2D eigenvalue weighted by atomic mass is 32.2. The minimum Gasteiger partial charge on any atom is -0.748 e. The standard InChI is InChI=1S/C24H20N2O9S2/c27-22(28)8-10-26-23(29)20(36-24(26)30)6-7-21-25(9-3-11-37(31,32)33)16-13-18-15(12-19(16)35-21)14-4-1-2-5-17(14)34-18/h1-2,4-7,12-13H,3,8-11H2,(H,27,28)(H,31,32,33)/p-1. The van der Waals surface area contributed by atoms with Crippen molar-refractivity contribution in [2.24, 2.45) is 0 Å². The first kappa shape index (κ1) is 24.9. The number of carbonyl (C=O) groups excluding carboxylic acids is 2. The number of anilines is 1. The third kappa shape index (κ3) is 5.05. The van der Waals surface area contributed by atoms with Crippen LogP contribution in [0.15, 0.2) is 63.8 Å². The van der Waals surface area contributed by atoms with Crippen LogP contribution in [0.25, 0.3) is 21.9 Å². The maximum atomic E-state index is 12.6. The van der Waals surface area contributed by atoms with Crippen LogP contribution in [0.2, 0.25) is 0 Å². The lowest BCUT2D eigenvalue weighted by Gasteiger charge is -2.18. The Hall–Kier alpha value is -3.81. The molecule has 37 heavy (non-hydrogen) atoms. The lowest BCUT2D eigenvalue weighted by atomic mass is 10.1. The normalized spacial score (nSPS) is 18.0. The summed E-state index contributed by atoms with van der Waals surface area (Å²) in [7, 11) is -4.42. The van der Waals surface area contributed by atoms with Gasteiger partial charge in [0.15, 0.2) is 5.75 Å². The smallest absolute Gasteiger partial charge is 0.305 e. The van der Waals surface area contributed by atoms with Crippen molar-refractivity contribution in [3.8, 4) is 5.75 Å². The summed E-state index contributed by atoms with van der Waals surface area (Å²) in [6.07, 6.45) is 2.52. The average Bonchev–Trinajstić information content (AvgIpc) is 3.45. The van der Waals surface area contributed by atoms with Gasteiger partial charge in [-0.1, -0.05) is 18.2 Å². The monoisotopic (exact) mass is 543 g/mol. The summed E-state index contributed by atoms with van der Waals surface area (Å²) < 4.78 is 45.4. The Morgan fingerprint density at radius 1 is 1.05 bits per heavy atom. The zero-order valence-corrected chi connectivity index (χ0v) is 20.7. The van der Waals surface area contributed by atoms with E-state index in [0.717, 1.165) is 15.7 Å². The molecule has 1 fully saturated rings. The van der Waals surface area contributed by atoms with E-state index in [1.807, 2.05) is 24.3 Å². The molecule has 0 radical (unpaired) electrons. The van der Waals surface area contributed by atoms with Crippen LogP contribution >= 0.6 is 11.8 Å². The van der Waals surface area contributed by atoms with Gasteiger partial charge in [0.25, 0.3) is 11.1 Å². The molecule has 1 N–H and O–H groups in total. The number of benzene rings is 2. The molecule has 1 saturated heterocycles. The van der Waals surface area contributed by atoms with E-state index < -0.39 is 33.0 Å². The number of allylic oxidation sites excluding steroid dienone is 2. The largest absolute Gasteiger partial charge is 0.748 e. The number of para-hydroxylation sites is 1. The average molecular weight is 544 g/mol. The second-order valence-corrected chi connectivity index (χ2v) is 10.8. The van der Waals surface area contributed by atoms with Gasteiger partial charge in [0, 0.05) is 41.8 Å². The predicted octanol–water partition coefficient (Wildman–Crippen LogP) is 3.62. The number of imide groups is 1. The maximum Gasteiger partial charge on any atom is 0.305 e. The third-order valence-electron chi connectivity index (χ3n) is 5.81. The molecule has 2 amide bonds. The first-order chi connectivity index (χ1) is 17.6. The molecule has 0 saturated carbocycles. The van der Waals surface area contributed by atoms with Crippen molar-refractivity contribution >= 4 is 66.6 Å². The number of hydrogen-bond donors (Lipinski definition) is 1. The van der Waals surface area contributed by atoms with Crippen molar-refractivity contribution in [3.63, 3.8) is 0 Å². The Bertz CT molecular complexity index is 1620. The van der Waals surface area contributed by atoms with Gasteiger partial charge >= 0.3 is 5.97 Å². The van der Waals surface area contributed by atoms with Gasteiger partial charge < -0.3 is 23.7 Å². The number of nitrogens with zero attached hydrogens (tertiary/aromatic N) is 2. The van der Waals surface area contributed by atoms with E-state index in [2.05, 4.69) is 0 Å². The van der Waals surface area contributed by atoms with Crippen LogP contribution in [0.4, 0.5) is 10.5 Å². The number of rotatable bonds is 8. The first-order valence-electron chi connectivity index (χ1n) is 11.1. The fraction of sp³-hybridized carbons (Fsp3) is 0.208. The van der Waals surface area contributed by atoms with Gasteiger partial charge in [-0.05, 0) is 36.4 Å². The van der Waals surface area contributed by atoms with Gasteiger partial charge in [-0.15, -0.1) is 0 Å². The summed E-state index contributed by atoms with van der Waals surface area (Å²) in [6.45, 7) is -0.112. The third-order valence-corrected chi connectivity index (χ3v) is 7.52. The number of carboxylic acids is 1. The molecular weight excluding hydrogens is 524 g/mol. The fourth-order valence-corrected chi connectivity index (χ4v) is 5.42. The molecule has 0 bridgehead atoms. The van der Waals surface area contributed by atoms with Gasteiger partial charge in [0.2, 0.25) is 5.88 Å². The van der Waals surface area contributed by atoms with E-state index in [-0.39, 0.29) is 36.7 Å². The molecule has 0 unspecified atom stereocenters. The number of aliphatic carboxylic acids is 1. The molecule has 0 aliphatic carbocycles. The predicted molar refractivity (Wildman–Crippen MR) is 134 cm³/mol. The van der Waals surface area contributed by atoms with E-state index in [1.165, 1.54) is 12.2 Å². The molecule has 3 heterocycles. The highest BCUT2D eigenvalue weighted by molar-refractivity contribution is 8.18. The summed E-state index contributed by atoms with van der Waals surface area (Å²) in [6, 6.07) is 11.1. The molecule has 11 nitrogen and oxygen atoms in total. The molecule has 0 atom stereocenters. The van der Waals surface area contributed by atoms with Crippen LogP contribution in [0.1, 0.15) is 12.8 Å². The number of fused-ring (bicyclic) bond motifs is 4. The summed E-state index contributed by atoms with van der Waals surface area (Å²) in [4.78, 5) is 38.2. The minimum atomic E-state index is -4.42. The van der Waals surface area contributed by atoms with Crippen LogP contribution in [-0.4, -0.2) is 58.9 Å². The van der Waals surface area contributed by atoms with Gasteiger partial charge in [0.1, 0.15) is 11.2 Å². The molecule has 2 aliphatic rings. The van der Waals surface area contributed by atoms with Crippen molar-refractivity contribution in [3.05, 3.63) is 59.3 Å². The van der Waals surface area contributed by atoms with Gasteiger partial charge in [-0.3, -0.25) is 19.3 Å². The zero-order valence-electron chi connectivity index (χ0n) is 19.1. The van der Waals surface area contributed by atoms with Crippen LogP contribution in [0.5, 0.6) is 5.75 Å². The van der Waals surface area contributed by atoms with E-state index >= 15 is 0 Å². The zero-order chi connectivity index (χ0) is 26.3. The minimum absolute atomic E-state index is 0.0237. The van der Waals surface area contributed by atoms with E-state index in [1.54, 1.807) is 17.0 Å². The summed E-state index contributed by atoms with van der Waals surface area (Å²) in [5, 5.41) is 9.98. The SMILES string of the molecule is O=C(O)CCN1C(=O)SC(=CC=C2Oc3cc4c(cc3N2CCCS(=O)(=O)[O-])oc2ccccc24)C1=O. The van der Waals surface area contributed by atoms with Crippen molar-refractivity contribution in [1.29, 1.82) is 0 Å². The molecule has 5 rings (SSSR count). The Morgan fingerprint density at radius 3 is 2.59 bits per heavy atom. The molecule has 0 spiro atoms. The van der Waals surface area contributed by atoms with Crippen molar-refractivity contribution in [2.45, 2.75) is 12.8 Å². The number of amides is 2. The molecule has 192 valence electrons. The van der Waals surface area contributed by atoms with Crippen molar-refractivity contribution in [2.75, 3.05) is 23.7 Å². The second-order valence-electron chi connectivity index (χ2n) is 8.29. The number of carboxylic acid groups (broad SMARTS) is 1. The number of furan rings is 1. The van der Waals surface area contributed by atoms with Gasteiger partial charge in [-0.2, -0.15) is 0 Å². The maximum absolute atomic E-state index is 12.6. The van der Waals surface area contributed by atoms with Crippen LogP contribution < -0.4 is 9.64 Å². The highest BCUT2D eigenvalue weighted by Gasteiger charge is 2.35. The van der Waals surface area contributed by atoms with Gasteiger partial charge in [-0.25, -0.2) is 8.42 Å². The molecule has 13 heteroatoms. The van der Waals surface area contributed by atoms with Crippen molar-refractivity contribution < 1.29 is 41.6 Å². The topological polar surface area (TPSA) is 157 Å². The lowest BCUT2D eigenvalue weighted by Crippen LogP contribution is -2.30. The Balaban J connectivity index is 1.47. The van der Waals surface area contributed by atoms with E-state index in [0.29, 0.717) is 34.4 Å². The van der Waals surface area contributed by atoms with Crippen LogP contribution in [0.3, 0.4) is 0 Å². The van der Waals surface area contributed by atoms with E-state index in [4.69, 9.17) is 14.3 Å². The summed E-state index contributed by atoms with van der Waals surface area (Å²) >= 11 is 0.679. The molecule has 2 aromatic carbocycles. The molecule has 1 aromatic heterocycles. The molecular formula is C24H19N2O9S2-. The van der Waals surface area contributed by atoms with Crippen LogP contribution in [-0.2, 0) is 19.7 Å². The first-order valence-corrected chi connectivity index (χ1v) is 13.5. The summed E-state index contributed by atoms with van der Waals surface area (Å²) in [5.74, 6) is -1.58. The molecule has 2 aliphatic heterocycles. The quantitative estimate of drug-likeness (QED) is 0.327. The Labute approximate surface area is 214 Å². The van der Waals surface area contributed by atoms with Crippen molar-refractivity contribution in [1.82, 2.24) is 4.90 Å². The highest BCUT2D eigenvalue weighted by Crippen LogP contribution is 2.44. The molecule has 3 aromatic rings. The second kappa shape index (κ2) is 9.57. The number of hydrogen-bond acceptors (Lipinski definition) is 10. The number of carbonyl (C=O) groups is 3. The number of ether oxygens (including phenoxy) is 1. The number of thioether (sulfide) groups is 1. The Kier molecular flexibility index (Phi) is 6.43.